The van der Waals surface area contributed by atoms with Gasteiger partial charge in [0.1, 0.15) is 5.82 Å². The Hall–Kier alpha value is -0.900. The smallest absolute Gasteiger partial charge is 0.164 e. The lowest BCUT2D eigenvalue weighted by molar-refractivity contribution is 0.417. The van der Waals surface area contributed by atoms with Crippen molar-refractivity contribution in [3.8, 4) is 0 Å². The Morgan fingerprint density at radius 2 is 2.07 bits per heavy atom. The van der Waals surface area contributed by atoms with Gasteiger partial charge in [-0.15, -0.1) is 0 Å². The summed E-state index contributed by atoms with van der Waals surface area (Å²) in [5, 5.41) is 4.28. The minimum atomic E-state index is 0.445. The predicted octanol–water partition coefficient (Wildman–Crippen LogP) is 1.32. The van der Waals surface area contributed by atoms with E-state index in [1.165, 1.54) is 32.1 Å². The van der Waals surface area contributed by atoms with E-state index in [1.807, 2.05) is 11.7 Å². The molecule has 1 saturated carbocycles. The van der Waals surface area contributed by atoms with Crippen LogP contribution in [0.15, 0.2) is 0 Å². The fourth-order valence-corrected chi connectivity index (χ4v) is 2.25. The molecule has 1 aliphatic carbocycles. The summed E-state index contributed by atoms with van der Waals surface area (Å²) in [5.41, 5.74) is 5.52. The average molecular weight is 194 g/mol. The molecular formula is C10H18N4. The average Bonchev–Trinajstić information content (AvgIpc) is 2.61. The van der Waals surface area contributed by atoms with Gasteiger partial charge in [0, 0.05) is 13.0 Å². The maximum absolute atomic E-state index is 5.52. The number of hydrogen-bond donors (Lipinski definition) is 1. The lowest BCUT2D eigenvalue weighted by atomic mass is 9.89. The van der Waals surface area contributed by atoms with Crippen LogP contribution < -0.4 is 5.73 Å². The van der Waals surface area contributed by atoms with Gasteiger partial charge in [0.2, 0.25) is 0 Å². The molecule has 0 radical (unpaired) electrons. The Balaban J connectivity index is 2.17. The van der Waals surface area contributed by atoms with Gasteiger partial charge in [0.05, 0.1) is 6.54 Å². The van der Waals surface area contributed by atoms with E-state index in [9.17, 15) is 0 Å². The normalized spacial score (nSPS) is 18.7. The van der Waals surface area contributed by atoms with Crippen LogP contribution in [0.2, 0.25) is 0 Å². The van der Waals surface area contributed by atoms with E-state index in [1.54, 1.807) is 0 Å². The zero-order chi connectivity index (χ0) is 9.97. The summed E-state index contributed by atoms with van der Waals surface area (Å²) in [6, 6.07) is 0. The highest BCUT2D eigenvalue weighted by Crippen LogP contribution is 2.31. The second-order valence-electron chi connectivity index (χ2n) is 4.05. The Labute approximate surface area is 84.5 Å². The van der Waals surface area contributed by atoms with Crippen LogP contribution >= 0.6 is 0 Å². The van der Waals surface area contributed by atoms with Crippen molar-refractivity contribution in [2.45, 2.75) is 44.6 Å². The molecule has 0 atom stereocenters. The number of aromatic nitrogens is 3. The molecule has 2 N–H and O–H groups in total. The molecule has 0 bridgehead atoms. The molecule has 0 spiro atoms. The molecule has 1 fully saturated rings. The molecule has 0 amide bonds. The molecule has 78 valence electrons. The Bertz CT molecular complexity index is 299. The molecule has 2 rings (SSSR count). The van der Waals surface area contributed by atoms with Crippen molar-refractivity contribution in [3.05, 3.63) is 11.6 Å². The van der Waals surface area contributed by atoms with Crippen LogP contribution in [0, 0.1) is 0 Å². The topological polar surface area (TPSA) is 56.7 Å². The predicted molar refractivity (Wildman–Crippen MR) is 54.7 cm³/mol. The quantitative estimate of drug-likeness (QED) is 0.772. The van der Waals surface area contributed by atoms with Crippen LogP contribution in [-0.2, 0) is 13.6 Å². The van der Waals surface area contributed by atoms with Crippen LogP contribution in [0.25, 0.3) is 0 Å². The van der Waals surface area contributed by atoms with Gasteiger partial charge < -0.3 is 5.73 Å². The Kier molecular flexibility index (Phi) is 2.82. The Morgan fingerprint density at radius 1 is 1.36 bits per heavy atom. The van der Waals surface area contributed by atoms with Gasteiger partial charge in [-0.2, -0.15) is 5.10 Å². The van der Waals surface area contributed by atoms with Crippen LogP contribution in [0.5, 0.6) is 0 Å². The highest BCUT2D eigenvalue weighted by atomic mass is 15.3. The van der Waals surface area contributed by atoms with Crippen molar-refractivity contribution in [1.29, 1.82) is 0 Å². The first-order chi connectivity index (χ1) is 6.81. The van der Waals surface area contributed by atoms with Gasteiger partial charge in [-0.25, -0.2) is 4.98 Å². The molecule has 0 unspecified atom stereocenters. The van der Waals surface area contributed by atoms with Crippen molar-refractivity contribution >= 4 is 0 Å². The molecule has 1 aliphatic rings. The van der Waals surface area contributed by atoms with Crippen LogP contribution in [0.4, 0.5) is 0 Å². The summed E-state index contributed by atoms with van der Waals surface area (Å²) in [6.45, 7) is 0.445. The van der Waals surface area contributed by atoms with Crippen LogP contribution in [-0.4, -0.2) is 14.8 Å². The van der Waals surface area contributed by atoms with Gasteiger partial charge in [0.15, 0.2) is 5.82 Å². The fraction of sp³-hybridized carbons (Fsp3) is 0.800. The summed E-state index contributed by atoms with van der Waals surface area (Å²) < 4.78 is 1.90. The molecular weight excluding hydrogens is 176 g/mol. The van der Waals surface area contributed by atoms with E-state index in [0.717, 1.165) is 11.6 Å². The SMILES string of the molecule is Cn1nc(CN)nc1C1CCCCC1. The number of nitrogens with zero attached hydrogens (tertiary/aromatic N) is 3. The number of aryl methyl sites for hydroxylation is 1. The van der Waals surface area contributed by atoms with E-state index < -0.39 is 0 Å². The zero-order valence-electron chi connectivity index (χ0n) is 8.74. The lowest BCUT2D eigenvalue weighted by Gasteiger charge is -2.20. The summed E-state index contributed by atoms with van der Waals surface area (Å²) >= 11 is 0. The summed E-state index contributed by atoms with van der Waals surface area (Å²) in [7, 11) is 1.97. The molecule has 0 aliphatic heterocycles. The van der Waals surface area contributed by atoms with E-state index in [-0.39, 0.29) is 0 Å². The highest BCUT2D eigenvalue weighted by Gasteiger charge is 2.20. The largest absolute Gasteiger partial charge is 0.324 e. The van der Waals surface area contributed by atoms with Gasteiger partial charge in [-0.05, 0) is 12.8 Å². The molecule has 14 heavy (non-hydrogen) atoms. The first-order valence-corrected chi connectivity index (χ1v) is 5.41. The van der Waals surface area contributed by atoms with Gasteiger partial charge in [-0.3, -0.25) is 4.68 Å². The third-order valence-electron chi connectivity index (χ3n) is 2.99. The first-order valence-electron chi connectivity index (χ1n) is 5.41. The minimum Gasteiger partial charge on any atom is -0.324 e. The second-order valence-corrected chi connectivity index (χ2v) is 4.05. The monoisotopic (exact) mass is 194 g/mol. The fourth-order valence-electron chi connectivity index (χ4n) is 2.25. The third-order valence-corrected chi connectivity index (χ3v) is 2.99. The first kappa shape index (κ1) is 9.65. The number of rotatable bonds is 2. The molecule has 1 aromatic rings. The zero-order valence-corrected chi connectivity index (χ0v) is 8.74. The molecule has 4 nitrogen and oxygen atoms in total. The van der Waals surface area contributed by atoms with E-state index >= 15 is 0 Å². The third kappa shape index (κ3) is 1.80. The molecule has 4 heteroatoms. The molecule has 0 aromatic carbocycles. The molecule has 1 heterocycles. The molecule has 0 saturated heterocycles. The van der Waals surface area contributed by atoms with Gasteiger partial charge in [-0.1, -0.05) is 19.3 Å². The van der Waals surface area contributed by atoms with Gasteiger partial charge >= 0.3 is 0 Å². The van der Waals surface area contributed by atoms with Crippen LogP contribution in [0.1, 0.15) is 49.7 Å². The van der Waals surface area contributed by atoms with Crippen molar-refractivity contribution in [2.24, 2.45) is 12.8 Å². The summed E-state index contributed by atoms with van der Waals surface area (Å²) in [4.78, 5) is 4.48. The minimum absolute atomic E-state index is 0.445. The maximum atomic E-state index is 5.52. The Morgan fingerprint density at radius 3 is 2.64 bits per heavy atom. The molecule has 1 aromatic heterocycles. The van der Waals surface area contributed by atoms with E-state index in [4.69, 9.17) is 5.73 Å². The maximum Gasteiger partial charge on any atom is 0.164 e. The van der Waals surface area contributed by atoms with Gasteiger partial charge in [0.25, 0.3) is 0 Å². The highest BCUT2D eigenvalue weighted by molar-refractivity contribution is 5.00. The van der Waals surface area contributed by atoms with E-state index in [0.29, 0.717) is 12.5 Å². The number of nitrogens with two attached hydrogens (primary N) is 1. The van der Waals surface area contributed by atoms with Crippen LogP contribution in [0.3, 0.4) is 0 Å². The summed E-state index contributed by atoms with van der Waals surface area (Å²) in [5.74, 6) is 2.51. The van der Waals surface area contributed by atoms with E-state index in [2.05, 4.69) is 10.1 Å². The van der Waals surface area contributed by atoms with Crippen molar-refractivity contribution in [1.82, 2.24) is 14.8 Å². The van der Waals surface area contributed by atoms with Crippen molar-refractivity contribution in [2.75, 3.05) is 0 Å². The second kappa shape index (κ2) is 4.09. The lowest BCUT2D eigenvalue weighted by Crippen LogP contribution is -2.10. The standard InChI is InChI=1S/C10H18N4/c1-14-10(12-9(7-11)13-14)8-5-3-2-4-6-8/h8H,2-7,11H2,1H3. The van der Waals surface area contributed by atoms with Crippen molar-refractivity contribution < 1.29 is 0 Å². The van der Waals surface area contributed by atoms with Crippen molar-refractivity contribution in [3.63, 3.8) is 0 Å². The summed E-state index contributed by atoms with van der Waals surface area (Å²) in [6.07, 6.45) is 6.55. The number of hydrogen-bond acceptors (Lipinski definition) is 3.